The van der Waals surface area contributed by atoms with Gasteiger partial charge in [0.15, 0.2) is 0 Å². The second-order valence-corrected chi connectivity index (χ2v) is 3.39. The molecule has 3 N–H and O–H groups in total. The lowest BCUT2D eigenvalue weighted by atomic mass is 10.2. The standard InChI is InChI=1S/C10H10FN5O4/c1-6(17)20-15-10(12)14-13-5-7-2-3-8(11)9(4-7)16(18)19/h2-5H,1H3,(H3,12,14,15). The number of carbonyl (C=O) groups is 1. The molecule has 0 aliphatic rings. The summed E-state index contributed by atoms with van der Waals surface area (Å²) in [5, 5.41) is 17.4. The molecule has 0 saturated heterocycles. The monoisotopic (exact) mass is 283 g/mol. The number of rotatable bonds is 3. The highest BCUT2D eigenvalue weighted by molar-refractivity contribution is 5.83. The van der Waals surface area contributed by atoms with Gasteiger partial charge in [0, 0.05) is 18.6 Å². The maximum Gasteiger partial charge on any atom is 0.329 e. The van der Waals surface area contributed by atoms with Crippen LogP contribution in [-0.4, -0.2) is 23.1 Å². The molecule has 1 rings (SSSR count). The number of guanidine groups is 1. The second-order valence-electron chi connectivity index (χ2n) is 3.39. The number of hydrogen-bond donors (Lipinski definition) is 2. The first kappa shape index (κ1) is 15.0. The van der Waals surface area contributed by atoms with Crippen LogP contribution in [0, 0.1) is 15.9 Å². The molecule has 10 heteroatoms. The highest BCUT2D eigenvalue weighted by atomic mass is 19.1. The van der Waals surface area contributed by atoms with Crippen molar-refractivity contribution in [3.63, 3.8) is 0 Å². The maximum atomic E-state index is 13.1. The highest BCUT2D eigenvalue weighted by Gasteiger charge is 2.13. The summed E-state index contributed by atoms with van der Waals surface area (Å²) in [5.74, 6) is -1.87. The van der Waals surface area contributed by atoms with E-state index in [1.807, 2.05) is 5.48 Å². The summed E-state index contributed by atoms with van der Waals surface area (Å²) >= 11 is 0. The first-order chi connectivity index (χ1) is 9.40. The van der Waals surface area contributed by atoms with Crippen molar-refractivity contribution in [2.24, 2.45) is 15.9 Å². The van der Waals surface area contributed by atoms with Crippen LogP contribution in [0.4, 0.5) is 10.1 Å². The van der Waals surface area contributed by atoms with Gasteiger partial charge in [-0.2, -0.15) is 15.0 Å². The van der Waals surface area contributed by atoms with Crippen molar-refractivity contribution in [3.05, 3.63) is 39.7 Å². The molecule has 0 fully saturated rings. The van der Waals surface area contributed by atoms with Crippen molar-refractivity contribution < 1.29 is 18.9 Å². The van der Waals surface area contributed by atoms with Crippen molar-refractivity contribution in [3.8, 4) is 0 Å². The van der Waals surface area contributed by atoms with Gasteiger partial charge in [0.2, 0.25) is 11.8 Å². The smallest absolute Gasteiger partial charge is 0.329 e. The van der Waals surface area contributed by atoms with Crippen LogP contribution in [0.3, 0.4) is 0 Å². The van der Waals surface area contributed by atoms with Gasteiger partial charge in [0.25, 0.3) is 0 Å². The Morgan fingerprint density at radius 3 is 2.90 bits per heavy atom. The van der Waals surface area contributed by atoms with Gasteiger partial charge in [-0.25, -0.2) is 0 Å². The molecule has 0 aromatic heterocycles. The van der Waals surface area contributed by atoms with Gasteiger partial charge in [0.1, 0.15) is 0 Å². The van der Waals surface area contributed by atoms with Crippen LogP contribution in [0.25, 0.3) is 0 Å². The second kappa shape index (κ2) is 6.78. The van der Waals surface area contributed by atoms with Gasteiger partial charge in [-0.05, 0) is 12.1 Å². The molecule has 1 aromatic carbocycles. The molecule has 0 aliphatic carbocycles. The first-order valence-corrected chi connectivity index (χ1v) is 5.14. The summed E-state index contributed by atoms with van der Waals surface area (Å²) in [5.41, 5.74) is 6.85. The Morgan fingerprint density at radius 1 is 1.60 bits per heavy atom. The number of nitrogens with two attached hydrogens (primary N) is 1. The zero-order chi connectivity index (χ0) is 15.1. The lowest BCUT2D eigenvalue weighted by Gasteiger charge is -2.00. The number of hydroxylamine groups is 1. The number of nitrogens with zero attached hydrogens (tertiary/aromatic N) is 3. The van der Waals surface area contributed by atoms with Crippen LogP contribution >= 0.6 is 0 Å². The van der Waals surface area contributed by atoms with Crippen LogP contribution < -0.4 is 11.2 Å². The summed E-state index contributed by atoms with van der Waals surface area (Å²) in [6, 6.07) is 3.20. The molecule has 20 heavy (non-hydrogen) atoms. The molecule has 0 radical (unpaired) electrons. The van der Waals surface area contributed by atoms with E-state index in [1.165, 1.54) is 6.07 Å². The summed E-state index contributed by atoms with van der Waals surface area (Å²) in [7, 11) is 0. The third-order valence-corrected chi connectivity index (χ3v) is 1.84. The highest BCUT2D eigenvalue weighted by Crippen LogP contribution is 2.17. The van der Waals surface area contributed by atoms with E-state index in [-0.39, 0.29) is 11.5 Å². The number of hydrogen-bond acceptors (Lipinski definition) is 6. The molecule has 0 saturated carbocycles. The number of benzene rings is 1. The van der Waals surface area contributed by atoms with Crippen LogP contribution in [0.5, 0.6) is 0 Å². The van der Waals surface area contributed by atoms with Crippen molar-refractivity contribution in [1.82, 2.24) is 5.48 Å². The summed E-state index contributed by atoms with van der Waals surface area (Å²) in [4.78, 5) is 24.4. The lowest BCUT2D eigenvalue weighted by molar-refractivity contribution is -0.387. The van der Waals surface area contributed by atoms with Crippen molar-refractivity contribution in [2.75, 3.05) is 0 Å². The number of nitro benzene ring substituents is 1. The summed E-state index contributed by atoms with van der Waals surface area (Å²) in [6.07, 6.45) is 1.12. The topological polar surface area (TPSA) is 132 Å². The SMILES string of the molecule is CC(=O)ONC(N)=NN=Cc1ccc(F)c([N+](=O)[O-])c1. The van der Waals surface area contributed by atoms with Gasteiger partial charge < -0.3 is 10.6 Å². The number of halogens is 1. The van der Waals surface area contributed by atoms with E-state index in [9.17, 15) is 19.3 Å². The molecule has 0 spiro atoms. The number of carbonyl (C=O) groups excluding carboxylic acids is 1. The zero-order valence-electron chi connectivity index (χ0n) is 10.2. The van der Waals surface area contributed by atoms with E-state index in [0.717, 1.165) is 25.3 Å². The first-order valence-electron chi connectivity index (χ1n) is 5.14. The normalized spacial score (nSPS) is 11.4. The summed E-state index contributed by atoms with van der Waals surface area (Å²) in [6.45, 7) is 1.15. The average molecular weight is 283 g/mol. The molecule has 106 valence electrons. The van der Waals surface area contributed by atoms with Gasteiger partial charge in [0.05, 0.1) is 11.1 Å². The van der Waals surface area contributed by atoms with Gasteiger partial charge in [-0.3, -0.25) is 14.9 Å². The average Bonchev–Trinajstić information content (AvgIpc) is 2.38. The lowest BCUT2D eigenvalue weighted by Crippen LogP contribution is -2.32. The fourth-order valence-electron chi connectivity index (χ4n) is 1.05. The van der Waals surface area contributed by atoms with E-state index in [4.69, 9.17) is 5.73 Å². The molecule has 0 atom stereocenters. The Bertz CT molecular complexity index is 587. The minimum atomic E-state index is -0.952. The molecule has 0 heterocycles. The molecule has 0 amide bonds. The Labute approximate surface area is 112 Å². The third kappa shape index (κ3) is 4.68. The van der Waals surface area contributed by atoms with Gasteiger partial charge in [-0.15, -0.1) is 5.10 Å². The number of nitrogens with one attached hydrogen (secondary N) is 1. The van der Waals surface area contributed by atoms with E-state index >= 15 is 0 Å². The van der Waals surface area contributed by atoms with E-state index < -0.39 is 22.4 Å². The zero-order valence-corrected chi connectivity index (χ0v) is 10.2. The largest absolute Gasteiger partial charge is 0.366 e. The van der Waals surface area contributed by atoms with Crippen LogP contribution in [0.15, 0.2) is 28.4 Å². The Morgan fingerprint density at radius 2 is 2.30 bits per heavy atom. The Kier molecular flexibility index (Phi) is 5.09. The predicted molar refractivity (Wildman–Crippen MR) is 67.2 cm³/mol. The van der Waals surface area contributed by atoms with E-state index in [1.54, 1.807) is 0 Å². The Hall–Kier alpha value is -3.04. The molecular weight excluding hydrogens is 273 g/mol. The number of nitro groups is 1. The molecule has 0 unspecified atom stereocenters. The van der Waals surface area contributed by atoms with Gasteiger partial charge >= 0.3 is 11.7 Å². The van der Waals surface area contributed by atoms with Crippen molar-refractivity contribution in [1.29, 1.82) is 0 Å². The van der Waals surface area contributed by atoms with Crippen LogP contribution in [-0.2, 0) is 9.63 Å². The maximum absolute atomic E-state index is 13.1. The quantitative estimate of drug-likeness (QED) is 0.358. The molecule has 1 aromatic rings. The van der Waals surface area contributed by atoms with Gasteiger partial charge in [-0.1, -0.05) is 0 Å². The Balaban J connectivity index is 2.75. The fraction of sp³-hybridized carbons (Fsp3) is 0.100. The minimum Gasteiger partial charge on any atom is -0.366 e. The predicted octanol–water partition coefficient (Wildman–Crippen LogP) is 0.450. The summed E-state index contributed by atoms with van der Waals surface area (Å²) < 4.78 is 13.1. The molecule has 0 bridgehead atoms. The van der Waals surface area contributed by atoms with Crippen LogP contribution in [0.1, 0.15) is 12.5 Å². The van der Waals surface area contributed by atoms with E-state index in [0.29, 0.717) is 0 Å². The minimum absolute atomic E-state index is 0.252. The van der Waals surface area contributed by atoms with Crippen molar-refractivity contribution >= 4 is 23.8 Å². The molecule has 0 aliphatic heterocycles. The fourth-order valence-corrected chi connectivity index (χ4v) is 1.05. The molecular formula is C10H10FN5O4. The van der Waals surface area contributed by atoms with E-state index in [2.05, 4.69) is 15.0 Å². The van der Waals surface area contributed by atoms with Crippen molar-refractivity contribution in [2.45, 2.75) is 6.92 Å². The molecule has 9 nitrogen and oxygen atoms in total. The van der Waals surface area contributed by atoms with Crippen LogP contribution in [0.2, 0.25) is 0 Å². The third-order valence-electron chi connectivity index (χ3n) is 1.84.